The summed E-state index contributed by atoms with van der Waals surface area (Å²) in [7, 11) is 1.45. The van der Waals surface area contributed by atoms with Crippen LogP contribution in [0.4, 0.5) is 0 Å². The molecule has 1 aliphatic carbocycles. The molecule has 7 heteroatoms. The van der Waals surface area contributed by atoms with Crippen molar-refractivity contribution >= 4 is 5.97 Å². The maximum absolute atomic E-state index is 11.1. The molecular weight excluding hydrogens is 272 g/mol. The molecule has 1 aromatic heterocycles. The fourth-order valence-electron chi connectivity index (χ4n) is 2.80. The second-order valence-corrected chi connectivity index (χ2v) is 5.12. The van der Waals surface area contributed by atoms with E-state index in [9.17, 15) is 4.79 Å². The Kier molecular flexibility index (Phi) is 3.55. The van der Waals surface area contributed by atoms with Gasteiger partial charge in [0.25, 0.3) is 0 Å². The van der Waals surface area contributed by atoms with E-state index in [4.69, 9.17) is 9.84 Å². The quantitative estimate of drug-likeness (QED) is 0.925. The molecule has 1 N–H and O–H groups in total. The van der Waals surface area contributed by atoms with Gasteiger partial charge >= 0.3 is 5.97 Å². The summed E-state index contributed by atoms with van der Waals surface area (Å²) in [4.78, 5) is 11.1. The zero-order chi connectivity index (χ0) is 14.8. The number of carboxylic acids is 1. The third kappa shape index (κ3) is 2.46. The molecule has 0 radical (unpaired) electrons. The van der Waals surface area contributed by atoms with Crippen molar-refractivity contribution in [2.24, 2.45) is 0 Å². The Morgan fingerprint density at radius 2 is 2.14 bits per heavy atom. The summed E-state index contributed by atoms with van der Waals surface area (Å²) in [5.74, 6) is 0.474. The van der Waals surface area contributed by atoms with Gasteiger partial charge in [0.15, 0.2) is 5.82 Å². The maximum atomic E-state index is 11.1. The van der Waals surface area contributed by atoms with Gasteiger partial charge in [-0.3, -0.25) is 0 Å². The number of tetrazole rings is 1. The van der Waals surface area contributed by atoms with Gasteiger partial charge in [-0.05, 0) is 35.4 Å². The second kappa shape index (κ2) is 5.51. The lowest BCUT2D eigenvalue weighted by Gasteiger charge is -2.11. The number of aromatic nitrogens is 4. The molecule has 0 aliphatic heterocycles. The van der Waals surface area contributed by atoms with Crippen molar-refractivity contribution in [2.75, 3.05) is 7.11 Å². The topological polar surface area (TPSA) is 90.1 Å². The number of ether oxygens (including phenoxy) is 1. The number of hydrogen-bond acceptors (Lipinski definition) is 5. The zero-order valence-corrected chi connectivity index (χ0v) is 11.7. The van der Waals surface area contributed by atoms with Crippen LogP contribution in [0.25, 0.3) is 5.69 Å². The first-order valence-corrected chi connectivity index (χ1v) is 6.90. The minimum absolute atomic E-state index is 0.122. The lowest BCUT2D eigenvalue weighted by atomic mass is 10.1. The molecule has 0 amide bonds. The van der Waals surface area contributed by atoms with E-state index in [2.05, 4.69) is 15.5 Å². The summed E-state index contributed by atoms with van der Waals surface area (Å²) in [5, 5.41) is 21.0. The number of hydrogen-bond donors (Lipinski definition) is 1. The summed E-state index contributed by atoms with van der Waals surface area (Å²) in [6.45, 7) is 0. The lowest BCUT2D eigenvalue weighted by molar-refractivity contribution is 0.0693. The average molecular weight is 288 g/mol. The van der Waals surface area contributed by atoms with Crippen LogP contribution >= 0.6 is 0 Å². The Labute approximate surface area is 121 Å². The molecule has 1 aliphatic rings. The Hall–Kier alpha value is -2.44. The highest BCUT2D eigenvalue weighted by atomic mass is 16.5. The van der Waals surface area contributed by atoms with E-state index < -0.39 is 5.97 Å². The lowest BCUT2D eigenvalue weighted by Crippen LogP contribution is -2.08. The minimum atomic E-state index is -1.02. The predicted octanol–water partition coefficient (Wildman–Crippen LogP) is 2.03. The van der Waals surface area contributed by atoms with E-state index in [0.717, 1.165) is 18.7 Å². The smallest absolute Gasteiger partial charge is 0.339 e. The van der Waals surface area contributed by atoms with Crippen LogP contribution in [0.2, 0.25) is 0 Å². The molecule has 3 rings (SSSR count). The fraction of sp³-hybridized carbons (Fsp3) is 0.429. The molecule has 7 nitrogen and oxygen atoms in total. The second-order valence-electron chi connectivity index (χ2n) is 5.12. The number of nitrogens with zero attached hydrogens (tertiary/aromatic N) is 4. The first kappa shape index (κ1) is 13.5. The fourth-order valence-corrected chi connectivity index (χ4v) is 2.80. The summed E-state index contributed by atoms with van der Waals surface area (Å²) in [5.41, 5.74) is 0.834. The van der Waals surface area contributed by atoms with Crippen LogP contribution in [0.1, 0.15) is 47.8 Å². The SMILES string of the molecule is COc1cc(-n2nnnc2C2CCCC2)ccc1C(=O)O. The van der Waals surface area contributed by atoms with Crippen LogP contribution in [-0.4, -0.2) is 38.4 Å². The average Bonchev–Trinajstić information content (AvgIpc) is 3.16. The molecule has 21 heavy (non-hydrogen) atoms. The van der Waals surface area contributed by atoms with Crippen LogP contribution in [0.5, 0.6) is 5.75 Å². The third-order valence-electron chi connectivity index (χ3n) is 3.87. The van der Waals surface area contributed by atoms with Gasteiger partial charge in [-0.25, -0.2) is 4.79 Å². The van der Waals surface area contributed by atoms with E-state index >= 15 is 0 Å². The molecule has 0 saturated heterocycles. The van der Waals surface area contributed by atoms with Crippen molar-refractivity contribution in [2.45, 2.75) is 31.6 Å². The van der Waals surface area contributed by atoms with Gasteiger partial charge in [0, 0.05) is 12.0 Å². The maximum Gasteiger partial charge on any atom is 0.339 e. The highest BCUT2D eigenvalue weighted by Crippen LogP contribution is 2.33. The van der Waals surface area contributed by atoms with Gasteiger partial charge in [-0.1, -0.05) is 12.8 Å². The standard InChI is InChI=1S/C14H16N4O3/c1-21-12-8-10(6-7-11(12)14(19)20)18-13(15-16-17-18)9-4-2-3-5-9/h6-9H,2-5H2,1H3,(H,19,20). The van der Waals surface area contributed by atoms with Crippen molar-refractivity contribution < 1.29 is 14.6 Å². The Balaban J connectivity index is 2.01. The van der Waals surface area contributed by atoms with Gasteiger partial charge in [-0.15, -0.1) is 5.10 Å². The number of rotatable bonds is 4. The summed E-state index contributed by atoms with van der Waals surface area (Å²) in [6, 6.07) is 4.86. The molecule has 1 fully saturated rings. The van der Waals surface area contributed by atoms with E-state index in [0.29, 0.717) is 17.4 Å². The monoisotopic (exact) mass is 288 g/mol. The van der Waals surface area contributed by atoms with Crippen molar-refractivity contribution in [1.29, 1.82) is 0 Å². The molecule has 0 unspecified atom stereocenters. The molecule has 0 spiro atoms. The van der Waals surface area contributed by atoms with Crippen LogP contribution in [0.15, 0.2) is 18.2 Å². The van der Waals surface area contributed by atoms with Crippen LogP contribution < -0.4 is 4.74 Å². The number of benzene rings is 1. The van der Waals surface area contributed by atoms with E-state index in [-0.39, 0.29) is 5.56 Å². The third-order valence-corrected chi connectivity index (χ3v) is 3.87. The van der Waals surface area contributed by atoms with E-state index in [1.807, 2.05) is 0 Å². The van der Waals surface area contributed by atoms with Gasteiger partial charge in [0.2, 0.25) is 0 Å². The number of aromatic carboxylic acids is 1. The highest BCUT2D eigenvalue weighted by Gasteiger charge is 2.24. The predicted molar refractivity (Wildman–Crippen MR) is 73.9 cm³/mol. The summed E-state index contributed by atoms with van der Waals surface area (Å²) in [6.07, 6.45) is 4.56. The van der Waals surface area contributed by atoms with Gasteiger partial charge < -0.3 is 9.84 Å². The van der Waals surface area contributed by atoms with E-state index in [1.54, 1.807) is 16.8 Å². The first-order chi connectivity index (χ1) is 10.2. The molecule has 1 aromatic carbocycles. The molecule has 0 bridgehead atoms. The number of methoxy groups -OCH3 is 1. The highest BCUT2D eigenvalue weighted by molar-refractivity contribution is 5.91. The van der Waals surface area contributed by atoms with Crippen LogP contribution in [-0.2, 0) is 0 Å². The first-order valence-electron chi connectivity index (χ1n) is 6.90. The normalized spacial score (nSPS) is 15.3. The molecule has 2 aromatic rings. The Bertz CT molecular complexity index is 662. The molecule has 1 saturated carbocycles. The Morgan fingerprint density at radius 1 is 1.38 bits per heavy atom. The zero-order valence-electron chi connectivity index (χ0n) is 11.7. The van der Waals surface area contributed by atoms with Gasteiger partial charge in [0.05, 0.1) is 12.8 Å². The Morgan fingerprint density at radius 3 is 2.81 bits per heavy atom. The summed E-state index contributed by atoms with van der Waals surface area (Å²) < 4.78 is 6.82. The summed E-state index contributed by atoms with van der Waals surface area (Å²) >= 11 is 0. The largest absolute Gasteiger partial charge is 0.496 e. The molecular formula is C14H16N4O3. The van der Waals surface area contributed by atoms with Crippen LogP contribution in [0.3, 0.4) is 0 Å². The number of carboxylic acid groups (broad SMARTS) is 1. The van der Waals surface area contributed by atoms with Crippen molar-refractivity contribution in [1.82, 2.24) is 20.2 Å². The van der Waals surface area contributed by atoms with Crippen molar-refractivity contribution in [3.8, 4) is 11.4 Å². The van der Waals surface area contributed by atoms with E-state index in [1.165, 1.54) is 26.0 Å². The number of carbonyl (C=O) groups is 1. The minimum Gasteiger partial charge on any atom is -0.496 e. The van der Waals surface area contributed by atoms with Gasteiger partial charge in [-0.2, -0.15) is 4.68 Å². The molecule has 0 atom stereocenters. The van der Waals surface area contributed by atoms with Crippen molar-refractivity contribution in [3.05, 3.63) is 29.6 Å². The molecule has 110 valence electrons. The van der Waals surface area contributed by atoms with Gasteiger partial charge in [0.1, 0.15) is 11.3 Å². The molecule has 1 heterocycles. The van der Waals surface area contributed by atoms with Crippen molar-refractivity contribution in [3.63, 3.8) is 0 Å². The van der Waals surface area contributed by atoms with Crippen LogP contribution in [0, 0.1) is 0 Å².